The van der Waals surface area contributed by atoms with E-state index in [1.54, 1.807) is 18.2 Å². The van der Waals surface area contributed by atoms with E-state index in [4.69, 9.17) is 26.8 Å². The molecule has 2 aromatic rings. The van der Waals surface area contributed by atoms with Crippen LogP contribution >= 0.6 is 11.6 Å². The quantitative estimate of drug-likeness (QED) is 0.855. The zero-order chi connectivity index (χ0) is 14.8. The van der Waals surface area contributed by atoms with Gasteiger partial charge in [0.25, 0.3) is 5.91 Å². The average Bonchev–Trinajstić information content (AvgIpc) is 2.95. The average molecular weight is 305 g/mol. The number of nitrogens with one attached hydrogen (secondary N) is 1. The Morgan fingerprint density at radius 1 is 1.24 bits per heavy atom. The summed E-state index contributed by atoms with van der Waals surface area (Å²) >= 11 is 5.90. The number of carbonyl (C=O) groups is 1. The van der Waals surface area contributed by atoms with Crippen LogP contribution in [0.5, 0.6) is 11.5 Å². The van der Waals surface area contributed by atoms with E-state index in [1.807, 2.05) is 18.2 Å². The number of anilines is 1. The van der Waals surface area contributed by atoms with Gasteiger partial charge in [0.15, 0.2) is 11.5 Å². The van der Waals surface area contributed by atoms with Gasteiger partial charge in [0.2, 0.25) is 6.79 Å². The number of hydrogen-bond acceptors (Lipinski definition) is 4. The van der Waals surface area contributed by atoms with Gasteiger partial charge < -0.3 is 20.5 Å². The van der Waals surface area contributed by atoms with Gasteiger partial charge in [0.05, 0.1) is 16.3 Å². The molecule has 1 aliphatic rings. The minimum atomic E-state index is -0.271. The van der Waals surface area contributed by atoms with Crippen LogP contribution < -0.4 is 20.5 Å². The molecule has 0 radical (unpaired) electrons. The van der Waals surface area contributed by atoms with E-state index in [2.05, 4.69) is 5.32 Å². The Morgan fingerprint density at radius 3 is 2.90 bits per heavy atom. The lowest BCUT2D eigenvalue weighted by Crippen LogP contribution is -2.23. The molecule has 1 amide bonds. The maximum absolute atomic E-state index is 12.1. The summed E-state index contributed by atoms with van der Waals surface area (Å²) < 4.78 is 10.5. The van der Waals surface area contributed by atoms with Gasteiger partial charge in [-0.1, -0.05) is 23.7 Å². The van der Waals surface area contributed by atoms with Gasteiger partial charge in [-0.3, -0.25) is 4.79 Å². The monoisotopic (exact) mass is 304 g/mol. The van der Waals surface area contributed by atoms with Crippen LogP contribution in [-0.2, 0) is 6.54 Å². The summed E-state index contributed by atoms with van der Waals surface area (Å²) in [7, 11) is 0. The van der Waals surface area contributed by atoms with E-state index >= 15 is 0 Å². The summed E-state index contributed by atoms with van der Waals surface area (Å²) in [6.07, 6.45) is 0. The lowest BCUT2D eigenvalue weighted by atomic mass is 10.1. The molecule has 0 bridgehead atoms. The van der Waals surface area contributed by atoms with Gasteiger partial charge in [-0.15, -0.1) is 0 Å². The summed E-state index contributed by atoms with van der Waals surface area (Å²) in [5, 5.41) is 3.17. The van der Waals surface area contributed by atoms with Crippen molar-refractivity contribution in [1.29, 1.82) is 0 Å². The number of nitrogen functional groups attached to an aromatic ring is 1. The summed E-state index contributed by atoms with van der Waals surface area (Å²) in [4.78, 5) is 12.1. The predicted octanol–water partition coefficient (Wildman–Crippen LogP) is 2.58. The molecule has 2 aromatic carbocycles. The molecule has 1 aliphatic heterocycles. The maximum atomic E-state index is 12.1. The van der Waals surface area contributed by atoms with Gasteiger partial charge in [0, 0.05) is 6.54 Å². The summed E-state index contributed by atoms with van der Waals surface area (Å²) in [5.74, 6) is 1.13. The van der Waals surface area contributed by atoms with Crippen LogP contribution in [0.25, 0.3) is 0 Å². The van der Waals surface area contributed by atoms with E-state index < -0.39 is 0 Å². The molecule has 0 unspecified atom stereocenters. The number of carbonyl (C=O) groups excluding carboxylic acids is 1. The zero-order valence-corrected chi connectivity index (χ0v) is 11.8. The molecule has 0 saturated heterocycles. The lowest BCUT2D eigenvalue weighted by molar-refractivity contribution is 0.0951. The third kappa shape index (κ3) is 2.73. The Bertz CT molecular complexity index is 703. The van der Waals surface area contributed by atoms with E-state index in [0.29, 0.717) is 28.6 Å². The molecule has 0 aliphatic carbocycles. The third-order valence-corrected chi connectivity index (χ3v) is 3.52. The van der Waals surface area contributed by atoms with E-state index in [9.17, 15) is 4.79 Å². The second-order valence-corrected chi connectivity index (χ2v) is 4.98. The predicted molar refractivity (Wildman–Crippen MR) is 79.6 cm³/mol. The number of para-hydroxylation sites is 1. The fraction of sp³-hybridized carbons (Fsp3) is 0.133. The first-order valence-electron chi connectivity index (χ1n) is 6.36. The van der Waals surface area contributed by atoms with Crippen molar-refractivity contribution in [3.8, 4) is 11.5 Å². The van der Waals surface area contributed by atoms with Crippen molar-refractivity contribution in [2.45, 2.75) is 6.54 Å². The molecule has 5 nitrogen and oxygen atoms in total. The summed E-state index contributed by atoms with van der Waals surface area (Å²) in [6, 6.07) is 10.5. The number of halogens is 1. The van der Waals surface area contributed by atoms with Crippen molar-refractivity contribution in [1.82, 2.24) is 5.32 Å². The largest absolute Gasteiger partial charge is 0.454 e. The molecule has 3 N–H and O–H groups in total. The maximum Gasteiger partial charge on any atom is 0.253 e. The van der Waals surface area contributed by atoms with Crippen LogP contribution in [0.4, 0.5) is 5.69 Å². The van der Waals surface area contributed by atoms with Crippen LogP contribution in [0.3, 0.4) is 0 Å². The fourth-order valence-electron chi connectivity index (χ4n) is 2.06. The highest BCUT2D eigenvalue weighted by Crippen LogP contribution is 2.32. The first-order chi connectivity index (χ1) is 10.1. The number of hydrogen-bond donors (Lipinski definition) is 2. The van der Waals surface area contributed by atoms with E-state index in [1.165, 1.54) is 0 Å². The Morgan fingerprint density at radius 2 is 2.05 bits per heavy atom. The fourth-order valence-corrected chi connectivity index (χ4v) is 2.24. The minimum absolute atomic E-state index is 0.226. The second kappa shape index (κ2) is 5.54. The Hall–Kier alpha value is -2.40. The second-order valence-electron chi connectivity index (χ2n) is 4.57. The van der Waals surface area contributed by atoms with Crippen molar-refractivity contribution in [2.24, 2.45) is 0 Å². The SMILES string of the molecule is Nc1c(Cl)cccc1C(=O)NCc1ccc2c(c1)OCO2. The Kier molecular flexibility index (Phi) is 3.58. The van der Waals surface area contributed by atoms with Gasteiger partial charge in [-0.2, -0.15) is 0 Å². The van der Waals surface area contributed by atoms with Crippen molar-refractivity contribution >= 4 is 23.2 Å². The van der Waals surface area contributed by atoms with Crippen molar-refractivity contribution in [3.63, 3.8) is 0 Å². The molecule has 0 spiro atoms. The van der Waals surface area contributed by atoms with Gasteiger partial charge in [-0.05, 0) is 29.8 Å². The Balaban J connectivity index is 1.70. The number of benzene rings is 2. The minimum Gasteiger partial charge on any atom is -0.454 e. The molecule has 1 heterocycles. The molecular weight excluding hydrogens is 292 g/mol. The highest BCUT2D eigenvalue weighted by atomic mass is 35.5. The smallest absolute Gasteiger partial charge is 0.253 e. The number of ether oxygens (including phenoxy) is 2. The first kappa shape index (κ1) is 13.6. The number of fused-ring (bicyclic) bond motifs is 1. The van der Waals surface area contributed by atoms with Gasteiger partial charge in [0.1, 0.15) is 0 Å². The number of rotatable bonds is 3. The third-order valence-electron chi connectivity index (χ3n) is 3.19. The van der Waals surface area contributed by atoms with E-state index in [0.717, 1.165) is 5.56 Å². The summed E-state index contributed by atoms with van der Waals surface area (Å²) in [5.41, 5.74) is 7.35. The molecule has 21 heavy (non-hydrogen) atoms. The highest BCUT2D eigenvalue weighted by Gasteiger charge is 2.14. The van der Waals surface area contributed by atoms with Crippen molar-refractivity contribution < 1.29 is 14.3 Å². The van der Waals surface area contributed by atoms with E-state index in [-0.39, 0.29) is 18.4 Å². The molecule has 0 aromatic heterocycles. The number of amides is 1. The Labute approximate surface area is 126 Å². The lowest BCUT2D eigenvalue weighted by Gasteiger charge is -2.09. The standard InChI is InChI=1S/C15H13ClN2O3/c16-11-3-1-2-10(14(11)17)15(19)18-7-9-4-5-12-13(6-9)21-8-20-12/h1-6H,7-8,17H2,(H,18,19). The molecule has 0 atom stereocenters. The highest BCUT2D eigenvalue weighted by molar-refractivity contribution is 6.33. The molecule has 6 heteroatoms. The van der Waals surface area contributed by atoms with Crippen LogP contribution in [0.1, 0.15) is 15.9 Å². The molecule has 3 rings (SSSR count). The topological polar surface area (TPSA) is 73.6 Å². The zero-order valence-electron chi connectivity index (χ0n) is 11.1. The normalized spacial score (nSPS) is 12.2. The summed E-state index contributed by atoms with van der Waals surface area (Å²) in [6.45, 7) is 0.589. The van der Waals surface area contributed by atoms with Crippen molar-refractivity contribution in [3.05, 3.63) is 52.5 Å². The molecular formula is C15H13ClN2O3. The number of nitrogens with two attached hydrogens (primary N) is 1. The van der Waals surface area contributed by atoms with Crippen LogP contribution in [0.2, 0.25) is 5.02 Å². The van der Waals surface area contributed by atoms with Crippen molar-refractivity contribution in [2.75, 3.05) is 12.5 Å². The van der Waals surface area contributed by atoms with Gasteiger partial charge in [-0.25, -0.2) is 0 Å². The van der Waals surface area contributed by atoms with Crippen LogP contribution in [0, 0.1) is 0 Å². The van der Waals surface area contributed by atoms with Crippen LogP contribution in [0.15, 0.2) is 36.4 Å². The first-order valence-corrected chi connectivity index (χ1v) is 6.73. The molecule has 0 fully saturated rings. The molecule has 0 saturated carbocycles. The molecule has 108 valence electrons. The van der Waals surface area contributed by atoms with Gasteiger partial charge >= 0.3 is 0 Å². The van der Waals surface area contributed by atoms with Crippen LogP contribution in [-0.4, -0.2) is 12.7 Å².